The highest BCUT2D eigenvalue weighted by atomic mass is 79.9. The summed E-state index contributed by atoms with van der Waals surface area (Å²) in [6.45, 7) is 0.470. The molecule has 1 atom stereocenters. The monoisotopic (exact) mass is 274 g/mol. The van der Waals surface area contributed by atoms with Gasteiger partial charge in [0.15, 0.2) is 0 Å². The van der Waals surface area contributed by atoms with Gasteiger partial charge in [-0.15, -0.1) is 0 Å². The zero-order valence-electron chi connectivity index (χ0n) is 8.53. The molecule has 0 aliphatic heterocycles. The number of nitrogens with one attached hydrogen (secondary N) is 1. The van der Waals surface area contributed by atoms with Crippen molar-refractivity contribution in [1.82, 2.24) is 0 Å². The average Bonchev–Trinajstić information content (AvgIpc) is 2.21. The van der Waals surface area contributed by atoms with Crippen LogP contribution in [0.15, 0.2) is 22.7 Å². The number of ether oxygens (including phenoxy) is 1. The maximum absolute atomic E-state index is 9.08. The van der Waals surface area contributed by atoms with E-state index in [1.54, 1.807) is 13.2 Å². The number of anilines is 2. The first kappa shape index (κ1) is 12.3. The second kappa shape index (κ2) is 5.95. The average molecular weight is 275 g/mol. The van der Waals surface area contributed by atoms with Crippen molar-refractivity contribution >= 4 is 27.3 Å². The van der Waals surface area contributed by atoms with Gasteiger partial charge in [-0.3, -0.25) is 0 Å². The van der Waals surface area contributed by atoms with Crippen LogP contribution >= 0.6 is 15.9 Å². The molecule has 0 aromatic heterocycles. The summed E-state index contributed by atoms with van der Waals surface area (Å²) >= 11 is 3.39. The van der Waals surface area contributed by atoms with Crippen LogP contribution in [0, 0.1) is 0 Å². The van der Waals surface area contributed by atoms with Crippen LogP contribution in [0.25, 0.3) is 0 Å². The molecule has 0 bridgehead atoms. The van der Waals surface area contributed by atoms with Crippen molar-refractivity contribution in [3.63, 3.8) is 0 Å². The molecule has 4 N–H and O–H groups in total. The maximum atomic E-state index is 9.08. The lowest BCUT2D eigenvalue weighted by Crippen LogP contribution is -2.28. The molecule has 0 heterocycles. The summed E-state index contributed by atoms with van der Waals surface area (Å²) in [6.07, 6.45) is 0. The van der Waals surface area contributed by atoms with Crippen LogP contribution in [0.5, 0.6) is 0 Å². The molecule has 0 saturated heterocycles. The Bertz CT molecular complexity index is 320. The topological polar surface area (TPSA) is 67.5 Å². The minimum absolute atomic E-state index is 0.0185. The van der Waals surface area contributed by atoms with E-state index in [1.165, 1.54) is 0 Å². The second-order valence-electron chi connectivity index (χ2n) is 3.22. The smallest absolute Gasteiger partial charge is 0.0726 e. The van der Waals surface area contributed by atoms with E-state index in [0.717, 1.165) is 10.2 Å². The Kier molecular flexibility index (Phi) is 4.87. The lowest BCUT2D eigenvalue weighted by molar-refractivity contribution is 0.153. The molecular formula is C10H15BrN2O2. The minimum atomic E-state index is -0.116. The van der Waals surface area contributed by atoms with Gasteiger partial charge in [0.1, 0.15) is 0 Å². The molecule has 15 heavy (non-hydrogen) atoms. The van der Waals surface area contributed by atoms with E-state index < -0.39 is 0 Å². The number of hydrogen-bond acceptors (Lipinski definition) is 4. The molecule has 84 valence electrons. The molecule has 0 radical (unpaired) electrons. The normalized spacial score (nSPS) is 12.5. The molecule has 1 aromatic carbocycles. The Morgan fingerprint density at radius 1 is 1.60 bits per heavy atom. The van der Waals surface area contributed by atoms with Crippen LogP contribution in [-0.2, 0) is 4.74 Å². The van der Waals surface area contributed by atoms with Crippen molar-refractivity contribution in [3.05, 3.63) is 22.7 Å². The Morgan fingerprint density at radius 3 is 2.87 bits per heavy atom. The summed E-state index contributed by atoms with van der Waals surface area (Å²) < 4.78 is 5.84. The SMILES string of the molecule is COCC(CO)Nc1ccc(N)cc1Br. The molecule has 0 aliphatic rings. The number of benzene rings is 1. The van der Waals surface area contributed by atoms with E-state index >= 15 is 0 Å². The Hall–Kier alpha value is -0.780. The first-order valence-electron chi connectivity index (χ1n) is 4.58. The van der Waals surface area contributed by atoms with E-state index in [2.05, 4.69) is 21.2 Å². The van der Waals surface area contributed by atoms with Crippen LogP contribution in [0.1, 0.15) is 0 Å². The van der Waals surface area contributed by atoms with Crippen LogP contribution in [-0.4, -0.2) is 31.5 Å². The summed E-state index contributed by atoms with van der Waals surface area (Å²) in [5, 5.41) is 12.2. The fraction of sp³-hybridized carbons (Fsp3) is 0.400. The Balaban J connectivity index is 2.70. The number of nitrogens with two attached hydrogens (primary N) is 1. The van der Waals surface area contributed by atoms with E-state index in [1.807, 2.05) is 12.1 Å². The van der Waals surface area contributed by atoms with Gasteiger partial charge in [-0.25, -0.2) is 0 Å². The molecule has 5 heteroatoms. The highest BCUT2D eigenvalue weighted by Gasteiger charge is 2.08. The quantitative estimate of drug-likeness (QED) is 0.711. The molecular weight excluding hydrogens is 260 g/mol. The molecule has 0 fully saturated rings. The zero-order chi connectivity index (χ0) is 11.3. The fourth-order valence-corrected chi connectivity index (χ4v) is 1.72. The van der Waals surface area contributed by atoms with E-state index in [9.17, 15) is 0 Å². The van der Waals surface area contributed by atoms with Crippen LogP contribution in [0.2, 0.25) is 0 Å². The van der Waals surface area contributed by atoms with Gasteiger partial charge in [-0.2, -0.15) is 0 Å². The second-order valence-corrected chi connectivity index (χ2v) is 4.07. The summed E-state index contributed by atoms with van der Waals surface area (Å²) in [5.74, 6) is 0. The number of aliphatic hydroxyl groups excluding tert-OH is 1. The number of hydrogen-bond donors (Lipinski definition) is 3. The molecule has 1 rings (SSSR count). The molecule has 0 spiro atoms. The molecule has 4 nitrogen and oxygen atoms in total. The number of methoxy groups -OCH3 is 1. The Morgan fingerprint density at radius 2 is 2.33 bits per heavy atom. The third-order valence-corrected chi connectivity index (χ3v) is 2.60. The molecule has 1 aromatic rings. The summed E-state index contributed by atoms with van der Waals surface area (Å²) in [5.41, 5.74) is 7.20. The predicted molar refractivity (Wildman–Crippen MR) is 64.9 cm³/mol. The highest BCUT2D eigenvalue weighted by Crippen LogP contribution is 2.25. The predicted octanol–water partition coefficient (Wildman–Crippen LogP) is 1.45. The van der Waals surface area contributed by atoms with Crippen LogP contribution in [0.3, 0.4) is 0 Å². The van der Waals surface area contributed by atoms with Crippen molar-refractivity contribution in [2.45, 2.75) is 6.04 Å². The van der Waals surface area contributed by atoms with Gasteiger partial charge in [0.05, 0.1) is 19.3 Å². The number of aliphatic hydroxyl groups is 1. The molecule has 0 amide bonds. The van der Waals surface area contributed by atoms with E-state index in [0.29, 0.717) is 12.3 Å². The van der Waals surface area contributed by atoms with Gasteiger partial charge in [-0.05, 0) is 34.1 Å². The van der Waals surface area contributed by atoms with Crippen molar-refractivity contribution in [2.24, 2.45) is 0 Å². The summed E-state index contributed by atoms with van der Waals surface area (Å²) in [6, 6.07) is 5.35. The van der Waals surface area contributed by atoms with Crippen LogP contribution < -0.4 is 11.1 Å². The maximum Gasteiger partial charge on any atom is 0.0726 e. The van der Waals surface area contributed by atoms with Gasteiger partial charge < -0.3 is 20.9 Å². The first-order valence-corrected chi connectivity index (χ1v) is 5.38. The van der Waals surface area contributed by atoms with Gasteiger partial charge >= 0.3 is 0 Å². The van der Waals surface area contributed by atoms with Gasteiger partial charge in [0.2, 0.25) is 0 Å². The first-order chi connectivity index (χ1) is 7.17. The standard InChI is InChI=1S/C10H15BrN2O2/c1-15-6-8(5-14)13-10-3-2-7(12)4-9(10)11/h2-4,8,13-14H,5-6,12H2,1H3. The van der Waals surface area contributed by atoms with Crippen LogP contribution in [0.4, 0.5) is 11.4 Å². The van der Waals surface area contributed by atoms with E-state index in [-0.39, 0.29) is 12.6 Å². The largest absolute Gasteiger partial charge is 0.399 e. The van der Waals surface area contributed by atoms with Gasteiger partial charge in [0, 0.05) is 23.0 Å². The van der Waals surface area contributed by atoms with Crippen molar-refractivity contribution in [3.8, 4) is 0 Å². The molecule has 1 unspecified atom stereocenters. The highest BCUT2D eigenvalue weighted by molar-refractivity contribution is 9.10. The zero-order valence-corrected chi connectivity index (χ0v) is 10.1. The third-order valence-electron chi connectivity index (χ3n) is 1.94. The van der Waals surface area contributed by atoms with Gasteiger partial charge in [-0.1, -0.05) is 0 Å². The van der Waals surface area contributed by atoms with Gasteiger partial charge in [0.25, 0.3) is 0 Å². The fourth-order valence-electron chi connectivity index (χ4n) is 1.21. The summed E-state index contributed by atoms with van der Waals surface area (Å²) in [7, 11) is 1.60. The van der Waals surface area contributed by atoms with Crippen molar-refractivity contribution < 1.29 is 9.84 Å². The Labute approximate surface area is 97.6 Å². The summed E-state index contributed by atoms with van der Waals surface area (Å²) in [4.78, 5) is 0. The molecule has 0 aliphatic carbocycles. The van der Waals surface area contributed by atoms with Crippen molar-refractivity contribution in [2.75, 3.05) is 31.4 Å². The number of rotatable bonds is 5. The van der Waals surface area contributed by atoms with Crippen molar-refractivity contribution in [1.29, 1.82) is 0 Å². The lowest BCUT2D eigenvalue weighted by Gasteiger charge is -2.17. The number of nitrogen functional groups attached to an aromatic ring is 1. The number of halogens is 1. The van der Waals surface area contributed by atoms with E-state index in [4.69, 9.17) is 15.6 Å². The third kappa shape index (κ3) is 3.70. The lowest BCUT2D eigenvalue weighted by atomic mass is 10.2. The minimum Gasteiger partial charge on any atom is -0.399 e. The molecule has 0 saturated carbocycles.